The van der Waals surface area contributed by atoms with Crippen LogP contribution in [0.4, 0.5) is 4.39 Å². The third-order valence-corrected chi connectivity index (χ3v) is 7.11. The van der Waals surface area contributed by atoms with E-state index in [0.717, 1.165) is 72.7 Å². The third kappa shape index (κ3) is 4.57. The summed E-state index contributed by atoms with van der Waals surface area (Å²) in [5, 5.41) is 2.07. The second-order valence-electron chi connectivity index (χ2n) is 8.42. The molecule has 3 heterocycles. The lowest BCUT2D eigenvalue weighted by atomic mass is 9.98. The van der Waals surface area contributed by atoms with E-state index in [1.54, 1.807) is 17.4 Å². The summed E-state index contributed by atoms with van der Waals surface area (Å²) >= 11 is 1.72. The predicted molar refractivity (Wildman–Crippen MR) is 131 cm³/mol. The first-order chi connectivity index (χ1) is 15.7. The molecule has 2 aromatic heterocycles. The average Bonchev–Trinajstić information content (AvgIpc) is 3.40. The lowest BCUT2D eigenvalue weighted by molar-refractivity contribution is 0.276. The van der Waals surface area contributed by atoms with E-state index in [4.69, 9.17) is 4.74 Å². The first-order valence-electron chi connectivity index (χ1n) is 11.3. The van der Waals surface area contributed by atoms with Crippen molar-refractivity contribution in [1.29, 1.82) is 0 Å². The summed E-state index contributed by atoms with van der Waals surface area (Å²) in [5.41, 5.74) is 4.09. The van der Waals surface area contributed by atoms with E-state index >= 15 is 0 Å². The van der Waals surface area contributed by atoms with E-state index in [2.05, 4.69) is 27.0 Å². The van der Waals surface area contributed by atoms with Crippen molar-refractivity contribution in [2.75, 3.05) is 26.2 Å². The number of fused-ring (bicyclic) bond motifs is 2. The van der Waals surface area contributed by atoms with Gasteiger partial charge in [-0.05, 0) is 62.9 Å². The van der Waals surface area contributed by atoms with Gasteiger partial charge in [0.25, 0.3) is 0 Å². The molecule has 0 amide bonds. The molecule has 6 heteroatoms. The Morgan fingerprint density at radius 2 is 2.12 bits per heavy atom. The molecule has 0 unspecified atom stereocenters. The molecule has 1 N–H and O–H groups in total. The van der Waals surface area contributed by atoms with Crippen LogP contribution in [0.25, 0.3) is 26.7 Å². The van der Waals surface area contributed by atoms with Crippen LogP contribution in [-0.4, -0.2) is 41.1 Å². The Morgan fingerprint density at radius 3 is 3.00 bits per heavy atom. The van der Waals surface area contributed by atoms with Gasteiger partial charge in [0.1, 0.15) is 11.6 Å². The van der Waals surface area contributed by atoms with Crippen LogP contribution in [0.1, 0.15) is 36.3 Å². The third-order valence-electron chi connectivity index (χ3n) is 6.16. The molecule has 4 nitrogen and oxygen atoms in total. The number of nitrogens with one attached hydrogen (secondary N) is 1. The number of ether oxygens (including phenoxy) is 1. The SMILES string of the molecule is Cc1nc2cc(OCCCCCN3CC=C(c4c[nH]c5c(F)cccc45)CC3)ccc2s1. The zero-order valence-electron chi connectivity index (χ0n) is 18.4. The smallest absolute Gasteiger partial charge is 0.147 e. The summed E-state index contributed by atoms with van der Waals surface area (Å²) in [7, 11) is 0. The van der Waals surface area contributed by atoms with Crippen LogP contribution in [0.15, 0.2) is 48.7 Å². The van der Waals surface area contributed by atoms with Crippen LogP contribution in [-0.2, 0) is 0 Å². The second kappa shape index (κ2) is 9.43. The molecule has 0 fully saturated rings. The average molecular weight is 450 g/mol. The number of rotatable bonds is 8. The van der Waals surface area contributed by atoms with Gasteiger partial charge in [0, 0.05) is 36.3 Å². The summed E-state index contributed by atoms with van der Waals surface area (Å²) < 4.78 is 21.1. The van der Waals surface area contributed by atoms with Gasteiger partial charge in [-0.1, -0.05) is 18.2 Å². The Labute approximate surface area is 191 Å². The molecule has 2 aromatic carbocycles. The summed E-state index contributed by atoms with van der Waals surface area (Å²) in [6, 6.07) is 11.5. The highest BCUT2D eigenvalue weighted by atomic mass is 32.1. The highest BCUT2D eigenvalue weighted by Gasteiger charge is 2.16. The quantitative estimate of drug-likeness (QED) is 0.310. The van der Waals surface area contributed by atoms with E-state index in [9.17, 15) is 4.39 Å². The van der Waals surface area contributed by atoms with Crippen LogP contribution in [0.5, 0.6) is 5.75 Å². The molecule has 0 saturated carbocycles. The maximum atomic E-state index is 13.9. The largest absolute Gasteiger partial charge is 0.494 e. The Hall–Kier alpha value is -2.70. The zero-order chi connectivity index (χ0) is 21.9. The number of thiazole rings is 1. The number of benzene rings is 2. The maximum Gasteiger partial charge on any atom is 0.147 e. The number of aromatic amines is 1. The van der Waals surface area contributed by atoms with Crippen molar-refractivity contribution in [3.05, 3.63) is 65.1 Å². The Morgan fingerprint density at radius 1 is 1.19 bits per heavy atom. The van der Waals surface area contributed by atoms with Crippen molar-refractivity contribution in [3.63, 3.8) is 0 Å². The van der Waals surface area contributed by atoms with E-state index < -0.39 is 0 Å². The number of nitrogens with zero attached hydrogens (tertiary/aromatic N) is 2. The van der Waals surface area contributed by atoms with E-state index in [1.807, 2.05) is 31.3 Å². The number of para-hydroxylation sites is 1. The zero-order valence-corrected chi connectivity index (χ0v) is 19.2. The van der Waals surface area contributed by atoms with Crippen molar-refractivity contribution in [3.8, 4) is 5.75 Å². The molecular weight excluding hydrogens is 421 g/mol. The lowest BCUT2D eigenvalue weighted by Gasteiger charge is -2.26. The lowest BCUT2D eigenvalue weighted by Crippen LogP contribution is -2.29. The fourth-order valence-corrected chi connectivity index (χ4v) is 5.27. The van der Waals surface area contributed by atoms with Crippen molar-refractivity contribution in [2.45, 2.75) is 32.6 Å². The van der Waals surface area contributed by atoms with Gasteiger partial charge in [-0.3, -0.25) is 4.90 Å². The molecule has 0 radical (unpaired) electrons. The van der Waals surface area contributed by atoms with Crippen LogP contribution in [0.3, 0.4) is 0 Å². The predicted octanol–water partition coefficient (Wildman–Crippen LogP) is 6.56. The molecule has 166 valence electrons. The van der Waals surface area contributed by atoms with Gasteiger partial charge in [0.15, 0.2) is 0 Å². The fraction of sp³-hybridized carbons (Fsp3) is 0.346. The molecule has 5 rings (SSSR count). The van der Waals surface area contributed by atoms with Crippen molar-refractivity contribution >= 4 is 38.0 Å². The molecule has 1 aliphatic rings. The molecule has 0 aliphatic carbocycles. The minimum absolute atomic E-state index is 0.186. The number of halogens is 1. The van der Waals surface area contributed by atoms with Crippen molar-refractivity contribution in [2.24, 2.45) is 0 Å². The Bertz CT molecular complexity index is 1260. The van der Waals surface area contributed by atoms with Crippen LogP contribution < -0.4 is 4.74 Å². The van der Waals surface area contributed by atoms with Crippen LogP contribution >= 0.6 is 11.3 Å². The van der Waals surface area contributed by atoms with Gasteiger partial charge in [0.05, 0.1) is 27.3 Å². The van der Waals surface area contributed by atoms with Gasteiger partial charge in [-0.15, -0.1) is 11.3 Å². The normalized spacial score (nSPS) is 14.9. The summed E-state index contributed by atoms with van der Waals surface area (Å²) in [4.78, 5) is 10.1. The maximum absolute atomic E-state index is 13.9. The van der Waals surface area contributed by atoms with Gasteiger partial charge in [0.2, 0.25) is 0 Å². The fourth-order valence-electron chi connectivity index (χ4n) is 4.46. The number of unbranched alkanes of at least 4 members (excludes halogenated alkanes) is 2. The summed E-state index contributed by atoms with van der Waals surface area (Å²) in [5.74, 6) is 0.725. The number of aryl methyl sites for hydroxylation is 1. The van der Waals surface area contributed by atoms with Crippen LogP contribution in [0.2, 0.25) is 0 Å². The Balaban J connectivity index is 1.04. The molecular formula is C26H28FN3OS. The number of aromatic nitrogens is 2. The van der Waals surface area contributed by atoms with Gasteiger partial charge < -0.3 is 9.72 Å². The minimum Gasteiger partial charge on any atom is -0.494 e. The minimum atomic E-state index is -0.186. The standard InChI is InChI=1S/C26H28FN3OS/c1-18-29-24-16-20(8-9-25(24)32-18)31-15-4-2-3-12-30-13-10-19(11-14-30)22-17-28-26-21(22)6-5-7-23(26)27/h5-10,16-17,28H,2-4,11-15H2,1H3. The highest BCUT2D eigenvalue weighted by molar-refractivity contribution is 7.18. The summed E-state index contributed by atoms with van der Waals surface area (Å²) in [6.07, 6.45) is 8.65. The monoisotopic (exact) mass is 449 g/mol. The molecule has 0 bridgehead atoms. The first-order valence-corrected chi connectivity index (χ1v) is 12.2. The molecule has 0 saturated heterocycles. The number of H-pyrrole nitrogens is 1. The molecule has 1 aliphatic heterocycles. The van der Waals surface area contributed by atoms with Crippen molar-refractivity contribution < 1.29 is 9.13 Å². The van der Waals surface area contributed by atoms with Crippen molar-refractivity contribution in [1.82, 2.24) is 14.9 Å². The Kier molecular flexibility index (Phi) is 6.23. The topological polar surface area (TPSA) is 41.1 Å². The van der Waals surface area contributed by atoms with Gasteiger partial charge in [-0.2, -0.15) is 0 Å². The van der Waals surface area contributed by atoms with E-state index in [0.29, 0.717) is 5.52 Å². The number of hydrogen-bond acceptors (Lipinski definition) is 4. The van der Waals surface area contributed by atoms with E-state index in [-0.39, 0.29) is 5.82 Å². The van der Waals surface area contributed by atoms with Gasteiger partial charge in [-0.25, -0.2) is 9.37 Å². The molecule has 0 atom stereocenters. The highest BCUT2D eigenvalue weighted by Crippen LogP contribution is 2.30. The number of hydrogen-bond donors (Lipinski definition) is 1. The van der Waals surface area contributed by atoms with Gasteiger partial charge >= 0.3 is 0 Å². The van der Waals surface area contributed by atoms with Crippen LogP contribution in [0, 0.1) is 12.7 Å². The molecule has 32 heavy (non-hydrogen) atoms. The second-order valence-corrected chi connectivity index (χ2v) is 9.65. The first kappa shape index (κ1) is 21.2. The molecule has 4 aromatic rings. The molecule has 0 spiro atoms. The van der Waals surface area contributed by atoms with E-state index in [1.165, 1.54) is 22.8 Å². The summed E-state index contributed by atoms with van der Waals surface area (Å²) in [6.45, 7) is 5.90.